The maximum Gasteiger partial charge on any atom is 0.335 e. The smallest absolute Gasteiger partial charge is 0.331 e. The van der Waals surface area contributed by atoms with E-state index in [1.165, 1.54) is 31.5 Å². The number of benzene rings is 1. The monoisotopic (exact) mass is 315 g/mol. The molecule has 1 aromatic carbocycles. The van der Waals surface area contributed by atoms with Crippen LogP contribution in [0.1, 0.15) is 44.1 Å². The van der Waals surface area contributed by atoms with Crippen LogP contribution in [0.4, 0.5) is 9.18 Å². The van der Waals surface area contributed by atoms with E-state index < -0.39 is 0 Å². The first-order valence-corrected chi connectivity index (χ1v) is 8.48. The quantitative estimate of drug-likeness (QED) is 0.651. The highest BCUT2D eigenvalue weighted by molar-refractivity contribution is 5.82. The van der Waals surface area contributed by atoms with Gasteiger partial charge >= 0.3 is 6.03 Å². The molecule has 4 nitrogen and oxygen atoms in total. The molecule has 1 aromatic rings. The number of hydrogen-bond acceptors (Lipinski definition) is 2. The van der Waals surface area contributed by atoms with Gasteiger partial charge in [-0.05, 0) is 62.3 Å². The summed E-state index contributed by atoms with van der Waals surface area (Å²) in [5.41, 5.74) is 2.81. The molecule has 4 bridgehead atoms. The molecule has 122 valence electrons. The maximum atomic E-state index is 13.5. The first-order chi connectivity index (χ1) is 11.1. The second-order valence-electron chi connectivity index (χ2n) is 7.54. The van der Waals surface area contributed by atoms with E-state index in [-0.39, 0.29) is 17.4 Å². The number of rotatable bonds is 3. The standard InChI is InChI=1S/C18H22FN3O/c19-16-4-2-1-3-15(16)11-20-22-17(23)21-18-8-12-5-13(9-18)7-14(6-12)10-18/h1-4,11-14H,5-10H2,(H2,21,22,23)/b20-11-. The number of urea groups is 1. The van der Waals surface area contributed by atoms with E-state index >= 15 is 0 Å². The normalized spacial score (nSPS) is 34.7. The van der Waals surface area contributed by atoms with E-state index in [4.69, 9.17) is 0 Å². The van der Waals surface area contributed by atoms with Crippen molar-refractivity contribution in [3.05, 3.63) is 35.6 Å². The van der Waals surface area contributed by atoms with Gasteiger partial charge in [-0.1, -0.05) is 18.2 Å². The van der Waals surface area contributed by atoms with Gasteiger partial charge in [0.15, 0.2) is 0 Å². The zero-order valence-electron chi connectivity index (χ0n) is 13.1. The van der Waals surface area contributed by atoms with Crippen molar-refractivity contribution in [2.24, 2.45) is 22.9 Å². The van der Waals surface area contributed by atoms with Gasteiger partial charge in [0, 0.05) is 11.1 Å². The van der Waals surface area contributed by atoms with Gasteiger partial charge in [-0.25, -0.2) is 14.6 Å². The molecule has 0 aliphatic heterocycles. The predicted octanol–water partition coefficient (Wildman–Crippen LogP) is 3.43. The van der Waals surface area contributed by atoms with Crippen LogP contribution in [0.25, 0.3) is 0 Å². The van der Waals surface area contributed by atoms with Crippen molar-refractivity contribution in [1.82, 2.24) is 10.7 Å². The average Bonchev–Trinajstić information content (AvgIpc) is 2.47. The molecule has 5 rings (SSSR count). The molecule has 0 spiro atoms. The molecule has 2 amide bonds. The summed E-state index contributed by atoms with van der Waals surface area (Å²) < 4.78 is 13.5. The first-order valence-electron chi connectivity index (χ1n) is 8.48. The third-order valence-corrected chi connectivity index (χ3v) is 5.69. The lowest BCUT2D eigenvalue weighted by Gasteiger charge is -2.56. The lowest BCUT2D eigenvalue weighted by atomic mass is 9.53. The number of nitrogens with zero attached hydrogens (tertiary/aromatic N) is 1. The van der Waals surface area contributed by atoms with E-state index in [1.54, 1.807) is 18.2 Å². The summed E-state index contributed by atoms with van der Waals surface area (Å²) in [6.07, 6.45) is 8.67. The van der Waals surface area contributed by atoms with Gasteiger partial charge in [0.1, 0.15) is 5.82 Å². The van der Waals surface area contributed by atoms with Gasteiger partial charge in [0.05, 0.1) is 6.21 Å². The molecular weight excluding hydrogens is 293 g/mol. The largest absolute Gasteiger partial charge is 0.335 e. The molecule has 2 N–H and O–H groups in total. The summed E-state index contributed by atoms with van der Waals surface area (Å²) in [5.74, 6) is 2.00. The molecule has 0 saturated heterocycles. The van der Waals surface area contributed by atoms with Crippen molar-refractivity contribution in [3.8, 4) is 0 Å². The molecule has 0 radical (unpaired) electrons. The second kappa shape index (κ2) is 5.62. The Morgan fingerprint density at radius 3 is 2.35 bits per heavy atom. The number of hydrogen-bond donors (Lipinski definition) is 2. The third kappa shape index (κ3) is 2.96. The van der Waals surface area contributed by atoms with E-state index in [0.29, 0.717) is 5.56 Å². The number of halogens is 1. The number of carbonyl (C=O) groups excluding carboxylic acids is 1. The molecule has 4 aliphatic carbocycles. The summed E-state index contributed by atoms with van der Waals surface area (Å²) >= 11 is 0. The fourth-order valence-corrected chi connectivity index (χ4v) is 5.27. The van der Waals surface area contributed by atoms with Crippen molar-refractivity contribution in [3.63, 3.8) is 0 Å². The van der Waals surface area contributed by atoms with Crippen LogP contribution in [0.15, 0.2) is 29.4 Å². The zero-order chi connectivity index (χ0) is 15.9. The maximum absolute atomic E-state index is 13.5. The Labute approximate surface area is 135 Å². The molecule has 0 heterocycles. The van der Waals surface area contributed by atoms with Crippen molar-refractivity contribution in [2.75, 3.05) is 0 Å². The van der Waals surface area contributed by atoms with Gasteiger partial charge < -0.3 is 5.32 Å². The minimum Gasteiger partial charge on any atom is -0.331 e. The van der Waals surface area contributed by atoms with Crippen LogP contribution in [0.5, 0.6) is 0 Å². The Morgan fingerprint density at radius 1 is 1.13 bits per heavy atom. The molecule has 0 aromatic heterocycles. The van der Waals surface area contributed by atoms with E-state index in [1.807, 2.05) is 0 Å². The number of amides is 2. The van der Waals surface area contributed by atoms with Crippen molar-refractivity contribution in [2.45, 2.75) is 44.1 Å². The minimum atomic E-state index is -0.348. The van der Waals surface area contributed by atoms with Crippen molar-refractivity contribution in [1.29, 1.82) is 0 Å². The summed E-state index contributed by atoms with van der Waals surface area (Å²) in [5, 5.41) is 7.04. The number of carbonyl (C=O) groups is 1. The molecule has 4 saturated carbocycles. The Balaban J connectivity index is 1.36. The van der Waals surface area contributed by atoms with Crippen molar-refractivity contribution >= 4 is 12.2 Å². The Morgan fingerprint density at radius 2 is 1.74 bits per heavy atom. The summed E-state index contributed by atoms with van der Waals surface area (Å²) in [7, 11) is 0. The van der Waals surface area contributed by atoms with Crippen molar-refractivity contribution < 1.29 is 9.18 Å². The van der Waals surface area contributed by atoms with Crippen LogP contribution in [0.3, 0.4) is 0 Å². The molecule has 4 fully saturated rings. The predicted molar refractivity (Wildman–Crippen MR) is 86.6 cm³/mol. The van der Waals surface area contributed by atoms with Gasteiger partial charge in [0.25, 0.3) is 0 Å². The van der Waals surface area contributed by atoms with Crippen LogP contribution < -0.4 is 10.7 Å². The average molecular weight is 315 g/mol. The summed E-state index contributed by atoms with van der Waals surface area (Å²) in [6, 6.07) is 6.08. The summed E-state index contributed by atoms with van der Waals surface area (Å²) in [4.78, 5) is 12.2. The molecule has 5 heteroatoms. The van der Waals surface area contributed by atoms with Crippen LogP contribution in [0, 0.1) is 23.6 Å². The topological polar surface area (TPSA) is 53.5 Å². The van der Waals surface area contributed by atoms with Crippen LogP contribution >= 0.6 is 0 Å². The fourth-order valence-electron chi connectivity index (χ4n) is 5.27. The first kappa shape index (κ1) is 14.7. The van der Waals surface area contributed by atoms with E-state index in [0.717, 1.165) is 37.0 Å². The molecule has 4 aliphatic rings. The van der Waals surface area contributed by atoms with E-state index in [2.05, 4.69) is 15.8 Å². The Hall–Kier alpha value is -1.91. The van der Waals surface area contributed by atoms with Crippen LogP contribution in [-0.4, -0.2) is 17.8 Å². The highest BCUT2D eigenvalue weighted by Crippen LogP contribution is 2.55. The lowest BCUT2D eigenvalue weighted by Crippen LogP contribution is -2.61. The van der Waals surface area contributed by atoms with Gasteiger partial charge in [0.2, 0.25) is 0 Å². The van der Waals surface area contributed by atoms with Crippen LogP contribution in [0.2, 0.25) is 0 Å². The SMILES string of the molecule is O=C(N/N=C\c1ccccc1F)NC12CC3CC(CC(C3)C1)C2. The third-order valence-electron chi connectivity index (χ3n) is 5.69. The van der Waals surface area contributed by atoms with Crippen LogP contribution in [-0.2, 0) is 0 Å². The molecule has 0 unspecified atom stereocenters. The number of nitrogens with one attached hydrogen (secondary N) is 2. The van der Waals surface area contributed by atoms with E-state index in [9.17, 15) is 9.18 Å². The van der Waals surface area contributed by atoms with Gasteiger partial charge in [-0.15, -0.1) is 0 Å². The molecule has 0 atom stereocenters. The highest BCUT2D eigenvalue weighted by atomic mass is 19.1. The zero-order valence-corrected chi connectivity index (χ0v) is 13.1. The minimum absolute atomic E-state index is 0.0354. The van der Waals surface area contributed by atoms with Gasteiger partial charge in [-0.2, -0.15) is 5.10 Å². The Bertz CT molecular complexity index is 608. The lowest BCUT2D eigenvalue weighted by molar-refractivity contribution is -0.0135. The fraction of sp³-hybridized carbons (Fsp3) is 0.556. The highest BCUT2D eigenvalue weighted by Gasteiger charge is 2.51. The second-order valence-corrected chi connectivity index (χ2v) is 7.54. The number of hydrazone groups is 1. The molecular formula is C18H22FN3O. The van der Waals surface area contributed by atoms with Gasteiger partial charge in [-0.3, -0.25) is 0 Å². The molecule has 23 heavy (non-hydrogen) atoms. The Kier molecular flexibility index (Phi) is 3.58. The summed E-state index contributed by atoms with van der Waals surface area (Å²) in [6.45, 7) is 0.